The van der Waals surface area contributed by atoms with Crippen molar-refractivity contribution in [2.45, 2.75) is 39.5 Å². The van der Waals surface area contributed by atoms with Crippen LogP contribution in [0.15, 0.2) is 35.6 Å². The number of Topliss-reactive ketones (excluding diaryl/α,β-unsaturated/α-hetero) is 1. The van der Waals surface area contributed by atoms with Gasteiger partial charge in [0.2, 0.25) is 5.78 Å². The van der Waals surface area contributed by atoms with Crippen LogP contribution in [-0.2, 0) is 14.3 Å². The van der Waals surface area contributed by atoms with Crippen LogP contribution in [0.3, 0.4) is 0 Å². The summed E-state index contributed by atoms with van der Waals surface area (Å²) in [6.07, 6.45) is 6.72. The average Bonchev–Trinajstić information content (AvgIpc) is 2.92. The van der Waals surface area contributed by atoms with E-state index in [2.05, 4.69) is 20.4 Å². The number of fused-ring (bicyclic) bond motifs is 5. The molecule has 0 aromatic rings. The van der Waals surface area contributed by atoms with E-state index in [0.29, 0.717) is 23.5 Å². The zero-order valence-corrected chi connectivity index (χ0v) is 15.8. The van der Waals surface area contributed by atoms with Crippen molar-refractivity contribution in [3.63, 3.8) is 0 Å². The Morgan fingerprint density at radius 3 is 2.65 bits per heavy atom. The summed E-state index contributed by atoms with van der Waals surface area (Å²) in [6.45, 7) is 7.93. The highest BCUT2D eigenvalue weighted by molar-refractivity contribution is 6.05. The number of methoxy groups -OCH3 is 1. The molecular formula is C22H27FO3. The SMILES string of the molecule is C=C1C2=C(OC)C(=O)C=C[C@]2(C)[C@H]2CC[C@]3(C)C(=O)CC[C@H]3[C@@H]2[C@@H]1CF. The Morgan fingerprint density at radius 2 is 2.00 bits per heavy atom. The number of ketones is 2. The van der Waals surface area contributed by atoms with Gasteiger partial charge in [-0.2, -0.15) is 0 Å². The van der Waals surface area contributed by atoms with E-state index in [0.717, 1.165) is 24.8 Å². The third kappa shape index (κ3) is 1.99. The number of alkyl halides is 1. The Bertz CT molecular complexity index is 763. The Hall–Kier alpha value is -1.71. The van der Waals surface area contributed by atoms with Gasteiger partial charge < -0.3 is 4.74 Å². The van der Waals surface area contributed by atoms with Gasteiger partial charge in [0.1, 0.15) is 5.78 Å². The van der Waals surface area contributed by atoms with Gasteiger partial charge in [-0.1, -0.05) is 26.5 Å². The van der Waals surface area contributed by atoms with Crippen LogP contribution in [0.25, 0.3) is 0 Å². The molecule has 0 unspecified atom stereocenters. The van der Waals surface area contributed by atoms with Crippen molar-refractivity contribution < 1.29 is 18.7 Å². The van der Waals surface area contributed by atoms with Gasteiger partial charge in [0.05, 0.1) is 13.8 Å². The van der Waals surface area contributed by atoms with Crippen molar-refractivity contribution in [3.8, 4) is 0 Å². The molecule has 0 aromatic heterocycles. The molecule has 3 saturated carbocycles. The number of halogens is 1. The van der Waals surface area contributed by atoms with E-state index < -0.39 is 6.67 Å². The predicted molar refractivity (Wildman–Crippen MR) is 96.9 cm³/mol. The molecule has 3 fully saturated rings. The molecule has 3 nitrogen and oxygen atoms in total. The van der Waals surface area contributed by atoms with E-state index >= 15 is 0 Å². The van der Waals surface area contributed by atoms with Crippen LogP contribution in [0.2, 0.25) is 0 Å². The largest absolute Gasteiger partial charge is 0.492 e. The third-order valence-corrected chi connectivity index (χ3v) is 7.99. The molecule has 6 atom stereocenters. The first kappa shape index (κ1) is 17.7. The van der Waals surface area contributed by atoms with Gasteiger partial charge in [0.15, 0.2) is 5.76 Å². The standard InChI is InChI=1S/C22H27FO3/c1-12-13(11-23)18-14-5-6-17(25)21(14,2)9-7-15(18)22(3)10-8-16(24)20(26-4)19(12)22/h8,10,13-15,18H,1,5-7,9,11H2,2-4H3/t13-,14+,15+,18+,21+,22-/m1/s1. The molecule has 0 spiro atoms. The minimum Gasteiger partial charge on any atom is -0.492 e. The molecule has 140 valence electrons. The Morgan fingerprint density at radius 1 is 1.27 bits per heavy atom. The molecule has 0 bridgehead atoms. The maximum absolute atomic E-state index is 14.3. The van der Waals surface area contributed by atoms with Crippen molar-refractivity contribution in [1.82, 2.24) is 0 Å². The van der Waals surface area contributed by atoms with E-state index in [-0.39, 0.29) is 40.3 Å². The van der Waals surface area contributed by atoms with Gasteiger partial charge in [0.25, 0.3) is 0 Å². The molecule has 4 heteroatoms. The zero-order valence-electron chi connectivity index (χ0n) is 15.8. The highest BCUT2D eigenvalue weighted by atomic mass is 19.1. The van der Waals surface area contributed by atoms with Crippen molar-refractivity contribution in [2.24, 2.45) is 34.5 Å². The lowest BCUT2D eigenvalue weighted by atomic mass is 9.45. The summed E-state index contributed by atoms with van der Waals surface area (Å²) in [5.74, 6) is 0.610. The fourth-order valence-corrected chi connectivity index (χ4v) is 6.62. The lowest BCUT2D eigenvalue weighted by Gasteiger charge is -2.58. The smallest absolute Gasteiger partial charge is 0.220 e. The normalized spacial score (nSPS) is 44.7. The molecule has 0 heterocycles. The first-order chi connectivity index (χ1) is 12.3. The van der Waals surface area contributed by atoms with Crippen LogP contribution < -0.4 is 0 Å². The van der Waals surface area contributed by atoms with Gasteiger partial charge in [-0.05, 0) is 48.7 Å². The first-order valence-corrected chi connectivity index (χ1v) is 9.60. The Balaban J connectivity index is 1.88. The number of ether oxygens (including phenoxy) is 1. The summed E-state index contributed by atoms with van der Waals surface area (Å²) in [7, 11) is 1.50. The molecule has 4 aliphatic rings. The lowest BCUT2D eigenvalue weighted by Crippen LogP contribution is -2.54. The van der Waals surface area contributed by atoms with E-state index in [1.165, 1.54) is 7.11 Å². The van der Waals surface area contributed by atoms with Crippen LogP contribution in [0.1, 0.15) is 39.5 Å². The molecule has 4 aliphatic carbocycles. The Labute approximate surface area is 154 Å². The first-order valence-electron chi connectivity index (χ1n) is 9.60. The molecule has 0 N–H and O–H groups in total. The second-order valence-corrected chi connectivity index (χ2v) is 8.88. The molecule has 26 heavy (non-hydrogen) atoms. The van der Waals surface area contributed by atoms with Gasteiger partial charge in [0, 0.05) is 28.7 Å². The topological polar surface area (TPSA) is 43.4 Å². The van der Waals surface area contributed by atoms with Crippen molar-refractivity contribution in [1.29, 1.82) is 0 Å². The van der Waals surface area contributed by atoms with E-state index in [9.17, 15) is 14.0 Å². The maximum Gasteiger partial charge on any atom is 0.220 e. The number of rotatable bonds is 2. The van der Waals surface area contributed by atoms with Gasteiger partial charge in [-0.25, -0.2) is 0 Å². The van der Waals surface area contributed by atoms with E-state index in [1.807, 2.05) is 6.08 Å². The summed E-state index contributed by atoms with van der Waals surface area (Å²) < 4.78 is 19.7. The second-order valence-electron chi connectivity index (χ2n) is 8.88. The number of carbonyl (C=O) groups excluding carboxylic acids is 2. The van der Waals surface area contributed by atoms with Crippen molar-refractivity contribution in [3.05, 3.63) is 35.6 Å². The highest BCUT2D eigenvalue weighted by Gasteiger charge is 2.62. The van der Waals surface area contributed by atoms with Crippen LogP contribution >= 0.6 is 0 Å². The summed E-state index contributed by atoms with van der Waals surface area (Å²) in [5.41, 5.74) is 0.753. The van der Waals surface area contributed by atoms with E-state index in [1.54, 1.807) is 6.08 Å². The summed E-state index contributed by atoms with van der Waals surface area (Å²) in [4.78, 5) is 24.9. The molecular weight excluding hydrogens is 331 g/mol. The summed E-state index contributed by atoms with van der Waals surface area (Å²) >= 11 is 0. The zero-order chi connectivity index (χ0) is 18.9. The van der Waals surface area contributed by atoms with Crippen molar-refractivity contribution in [2.75, 3.05) is 13.8 Å². The van der Waals surface area contributed by atoms with Crippen LogP contribution in [0.5, 0.6) is 0 Å². The fourth-order valence-electron chi connectivity index (χ4n) is 6.62. The predicted octanol–water partition coefficient (Wildman–Crippen LogP) is 4.20. The maximum atomic E-state index is 14.3. The molecule has 0 amide bonds. The molecule has 0 aliphatic heterocycles. The fraction of sp³-hybridized carbons (Fsp3) is 0.636. The van der Waals surface area contributed by atoms with Crippen LogP contribution in [0.4, 0.5) is 4.39 Å². The van der Waals surface area contributed by atoms with Gasteiger partial charge in [-0.3, -0.25) is 14.0 Å². The third-order valence-electron chi connectivity index (χ3n) is 7.99. The lowest BCUT2D eigenvalue weighted by molar-refractivity contribution is -0.132. The van der Waals surface area contributed by atoms with Crippen molar-refractivity contribution >= 4 is 11.6 Å². The number of hydrogen-bond donors (Lipinski definition) is 0. The Kier molecular flexibility index (Phi) is 3.84. The molecule has 0 radical (unpaired) electrons. The van der Waals surface area contributed by atoms with Crippen LogP contribution in [-0.4, -0.2) is 25.4 Å². The van der Waals surface area contributed by atoms with E-state index in [4.69, 9.17) is 4.74 Å². The molecule has 0 aromatic carbocycles. The minimum atomic E-state index is -0.505. The van der Waals surface area contributed by atoms with Crippen LogP contribution in [0, 0.1) is 34.5 Å². The number of hydrogen-bond acceptors (Lipinski definition) is 3. The minimum absolute atomic E-state index is 0.0856. The quantitative estimate of drug-likeness (QED) is 0.743. The average molecular weight is 358 g/mol. The number of carbonyl (C=O) groups is 2. The van der Waals surface area contributed by atoms with Gasteiger partial charge >= 0.3 is 0 Å². The van der Waals surface area contributed by atoms with Gasteiger partial charge in [-0.15, -0.1) is 0 Å². The highest BCUT2D eigenvalue weighted by Crippen LogP contribution is 2.66. The summed E-state index contributed by atoms with van der Waals surface area (Å²) in [6, 6.07) is 0. The monoisotopic (exact) mass is 358 g/mol. The second kappa shape index (κ2) is 5.64. The summed E-state index contributed by atoms with van der Waals surface area (Å²) in [5, 5.41) is 0. The molecule has 0 saturated heterocycles. The number of allylic oxidation sites excluding steroid dienone is 4. The molecule has 4 rings (SSSR count).